The number of para-hydroxylation sites is 1. The molecule has 0 bridgehead atoms. The first-order valence-corrected chi connectivity index (χ1v) is 11.9. The standard InChI is InChI=1S/C27H33N3O5/c1-27(2,3)35-24(32)17-16-21-26(33)30(18-10-9-15-23(31)29-34)22-14-8-7-13-20(22)25(28-21)19-11-5-4-6-12-19/h4-8,11-14,21,34H,9-10,15-18H2,1-3H3,(H,29,31)/t21-/m0/s1. The predicted octanol–water partition coefficient (Wildman–Crippen LogP) is 4.04. The van der Waals surface area contributed by atoms with E-state index in [4.69, 9.17) is 14.9 Å². The van der Waals surface area contributed by atoms with Gasteiger partial charge < -0.3 is 9.64 Å². The number of rotatable bonds is 9. The number of aliphatic imine (C=N–C) groups is 1. The first kappa shape index (κ1) is 26.1. The summed E-state index contributed by atoms with van der Waals surface area (Å²) in [7, 11) is 0. The molecule has 1 heterocycles. The van der Waals surface area contributed by atoms with Crippen LogP contribution in [0, 0.1) is 0 Å². The summed E-state index contributed by atoms with van der Waals surface area (Å²) in [6.45, 7) is 5.81. The third kappa shape index (κ3) is 7.23. The summed E-state index contributed by atoms with van der Waals surface area (Å²) in [6, 6.07) is 16.5. The lowest BCUT2D eigenvalue weighted by Crippen LogP contribution is -2.39. The van der Waals surface area contributed by atoms with Crippen LogP contribution >= 0.6 is 0 Å². The second kappa shape index (κ2) is 11.8. The summed E-state index contributed by atoms with van der Waals surface area (Å²) in [5, 5.41) is 8.72. The third-order valence-electron chi connectivity index (χ3n) is 5.54. The van der Waals surface area contributed by atoms with Gasteiger partial charge in [-0.3, -0.25) is 24.6 Å². The topological polar surface area (TPSA) is 108 Å². The van der Waals surface area contributed by atoms with Gasteiger partial charge in [0.25, 0.3) is 5.91 Å². The summed E-state index contributed by atoms with van der Waals surface area (Å²) in [6.07, 6.45) is 1.52. The quantitative estimate of drug-likeness (QED) is 0.244. The molecule has 186 valence electrons. The number of amides is 2. The average molecular weight is 480 g/mol. The number of anilines is 1. The molecule has 1 atom stereocenters. The Morgan fingerprint density at radius 3 is 2.40 bits per heavy atom. The maximum atomic E-state index is 13.7. The second-order valence-corrected chi connectivity index (χ2v) is 9.48. The Bertz CT molecular complexity index is 1080. The molecule has 1 aliphatic rings. The fraction of sp³-hybridized carbons (Fsp3) is 0.407. The molecule has 8 nitrogen and oxygen atoms in total. The highest BCUT2D eigenvalue weighted by Crippen LogP contribution is 2.30. The van der Waals surface area contributed by atoms with Crippen molar-refractivity contribution in [1.29, 1.82) is 0 Å². The highest BCUT2D eigenvalue weighted by atomic mass is 16.6. The fourth-order valence-electron chi connectivity index (χ4n) is 3.99. The normalized spacial score (nSPS) is 15.7. The number of carbonyl (C=O) groups excluding carboxylic acids is 3. The summed E-state index contributed by atoms with van der Waals surface area (Å²) in [5.41, 5.74) is 4.19. The predicted molar refractivity (Wildman–Crippen MR) is 134 cm³/mol. The summed E-state index contributed by atoms with van der Waals surface area (Å²) in [4.78, 5) is 44.1. The Hall–Kier alpha value is -3.52. The number of ether oxygens (including phenoxy) is 1. The van der Waals surface area contributed by atoms with E-state index < -0.39 is 17.6 Å². The molecule has 2 aromatic rings. The van der Waals surface area contributed by atoms with Gasteiger partial charge >= 0.3 is 5.97 Å². The zero-order valence-electron chi connectivity index (χ0n) is 20.5. The van der Waals surface area contributed by atoms with Gasteiger partial charge in [0.15, 0.2) is 0 Å². The van der Waals surface area contributed by atoms with Crippen molar-refractivity contribution < 1.29 is 24.3 Å². The molecule has 0 spiro atoms. The monoisotopic (exact) mass is 479 g/mol. The van der Waals surface area contributed by atoms with Crippen LogP contribution < -0.4 is 10.4 Å². The van der Waals surface area contributed by atoms with Crippen molar-refractivity contribution in [3.63, 3.8) is 0 Å². The minimum absolute atomic E-state index is 0.0695. The molecule has 35 heavy (non-hydrogen) atoms. The van der Waals surface area contributed by atoms with Gasteiger partial charge in [0, 0.05) is 30.5 Å². The third-order valence-corrected chi connectivity index (χ3v) is 5.54. The minimum atomic E-state index is -0.758. The average Bonchev–Trinajstić information content (AvgIpc) is 2.94. The molecule has 2 N–H and O–H groups in total. The van der Waals surface area contributed by atoms with Crippen molar-refractivity contribution in [3.8, 4) is 0 Å². The van der Waals surface area contributed by atoms with E-state index in [0.717, 1.165) is 16.8 Å². The van der Waals surface area contributed by atoms with E-state index in [-0.39, 0.29) is 31.1 Å². The molecule has 0 radical (unpaired) electrons. The molecule has 0 aliphatic carbocycles. The number of fused-ring (bicyclic) bond motifs is 1. The van der Waals surface area contributed by atoms with Crippen LogP contribution in [0.4, 0.5) is 5.69 Å². The van der Waals surface area contributed by atoms with Crippen LogP contribution in [0.1, 0.15) is 64.0 Å². The maximum Gasteiger partial charge on any atom is 0.306 e. The zero-order chi connectivity index (χ0) is 25.4. The molecular formula is C27H33N3O5. The Morgan fingerprint density at radius 1 is 1.03 bits per heavy atom. The molecule has 0 saturated heterocycles. The molecule has 2 aromatic carbocycles. The summed E-state index contributed by atoms with van der Waals surface area (Å²) >= 11 is 0. The number of benzodiazepines with no additional fused rings is 1. The number of unbranched alkanes of at least 4 members (excludes halogenated alkanes) is 1. The first-order valence-electron chi connectivity index (χ1n) is 11.9. The number of nitrogens with one attached hydrogen (secondary N) is 1. The summed E-state index contributed by atoms with van der Waals surface area (Å²) in [5.74, 6) is -1.03. The number of hydroxylamine groups is 1. The molecule has 0 aromatic heterocycles. The van der Waals surface area contributed by atoms with E-state index in [2.05, 4.69) is 0 Å². The first-order chi connectivity index (χ1) is 16.7. The summed E-state index contributed by atoms with van der Waals surface area (Å²) < 4.78 is 5.44. The van der Waals surface area contributed by atoms with Gasteiger partial charge in [0.2, 0.25) is 5.91 Å². The Kier molecular flexibility index (Phi) is 8.76. The smallest absolute Gasteiger partial charge is 0.306 e. The van der Waals surface area contributed by atoms with Crippen LogP contribution in [0.2, 0.25) is 0 Å². The highest BCUT2D eigenvalue weighted by molar-refractivity contribution is 6.20. The van der Waals surface area contributed by atoms with E-state index in [9.17, 15) is 14.4 Å². The number of nitrogens with zero attached hydrogens (tertiary/aromatic N) is 2. The Labute approximate surface area is 206 Å². The van der Waals surface area contributed by atoms with Crippen molar-refractivity contribution in [3.05, 3.63) is 65.7 Å². The lowest BCUT2D eigenvalue weighted by Gasteiger charge is -2.25. The lowest BCUT2D eigenvalue weighted by molar-refractivity contribution is -0.155. The van der Waals surface area contributed by atoms with Gasteiger partial charge in [-0.05, 0) is 46.1 Å². The number of benzene rings is 2. The van der Waals surface area contributed by atoms with Crippen LogP contribution in [0.15, 0.2) is 59.6 Å². The van der Waals surface area contributed by atoms with E-state index >= 15 is 0 Å². The molecule has 0 saturated carbocycles. The van der Waals surface area contributed by atoms with Crippen LogP contribution in [-0.4, -0.2) is 46.9 Å². The number of hydrogen-bond acceptors (Lipinski definition) is 6. The van der Waals surface area contributed by atoms with Gasteiger partial charge in [-0.2, -0.15) is 0 Å². The fourth-order valence-corrected chi connectivity index (χ4v) is 3.99. The lowest BCUT2D eigenvalue weighted by atomic mass is 10.00. The number of carbonyl (C=O) groups is 3. The number of esters is 1. The van der Waals surface area contributed by atoms with Crippen molar-refractivity contribution in [2.24, 2.45) is 4.99 Å². The number of hydrogen-bond donors (Lipinski definition) is 2. The van der Waals surface area contributed by atoms with Crippen molar-refractivity contribution >= 4 is 29.2 Å². The highest BCUT2D eigenvalue weighted by Gasteiger charge is 2.32. The largest absolute Gasteiger partial charge is 0.460 e. The van der Waals surface area contributed by atoms with Gasteiger partial charge in [-0.25, -0.2) is 5.48 Å². The van der Waals surface area contributed by atoms with Crippen LogP contribution in [0.25, 0.3) is 0 Å². The molecular weight excluding hydrogens is 446 g/mol. The van der Waals surface area contributed by atoms with E-state index in [1.165, 1.54) is 0 Å². The van der Waals surface area contributed by atoms with E-state index in [1.54, 1.807) is 10.4 Å². The molecule has 2 amide bonds. The second-order valence-electron chi connectivity index (χ2n) is 9.48. The molecule has 0 unspecified atom stereocenters. The molecule has 3 rings (SSSR count). The van der Waals surface area contributed by atoms with Crippen molar-refractivity contribution in [2.45, 2.75) is 64.5 Å². The van der Waals surface area contributed by atoms with E-state index in [1.807, 2.05) is 75.4 Å². The Morgan fingerprint density at radius 2 is 1.71 bits per heavy atom. The molecule has 8 heteroatoms. The van der Waals surface area contributed by atoms with E-state index in [0.29, 0.717) is 25.1 Å². The molecule has 0 fully saturated rings. The SMILES string of the molecule is CC(C)(C)OC(=O)CC[C@@H]1N=C(c2ccccc2)c2ccccc2N(CCCCC(=O)NO)C1=O. The van der Waals surface area contributed by atoms with Crippen molar-refractivity contribution in [1.82, 2.24) is 5.48 Å². The zero-order valence-corrected chi connectivity index (χ0v) is 20.5. The van der Waals surface area contributed by atoms with Gasteiger partial charge in [-0.15, -0.1) is 0 Å². The Balaban J connectivity index is 1.92. The minimum Gasteiger partial charge on any atom is -0.460 e. The van der Waals surface area contributed by atoms with Crippen molar-refractivity contribution in [2.75, 3.05) is 11.4 Å². The van der Waals surface area contributed by atoms with Crippen LogP contribution in [0.5, 0.6) is 0 Å². The van der Waals surface area contributed by atoms with Gasteiger partial charge in [0.05, 0.1) is 11.4 Å². The van der Waals surface area contributed by atoms with Gasteiger partial charge in [0.1, 0.15) is 11.6 Å². The molecule has 1 aliphatic heterocycles. The van der Waals surface area contributed by atoms with Gasteiger partial charge in [-0.1, -0.05) is 48.5 Å². The maximum absolute atomic E-state index is 13.7. The van der Waals surface area contributed by atoms with Crippen LogP contribution in [-0.2, 0) is 19.1 Å². The van der Waals surface area contributed by atoms with Crippen LogP contribution in [0.3, 0.4) is 0 Å².